The highest BCUT2D eigenvalue weighted by atomic mass is 16.5. The van der Waals surface area contributed by atoms with E-state index < -0.39 is 0 Å². The van der Waals surface area contributed by atoms with Crippen molar-refractivity contribution in [2.75, 3.05) is 11.9 Å². The van der Waals surface area contributed by atoms with Gasteiger partial charge in [0, 0.05) is 19.2 Å². The van der Waals surface area contributed by atoms with Crippen LogP contribution in [0.3, 0.4) is 0 Å². The van der Waals surface area contributed by atoms with Gasteiger partial charge in [0.2, 0.25) is 0 Å². The molecule has 0 aromatic carbocycles. The molecule has 0 saturated heterocycles. The van der Waals surface area contributed by atoms with Crippen LogP contribution < -0.4 is 11.0 Å². The molecule has 0 atom stereocenters. The molecule has 21 heavy (non-hydrogen) atoms. The Morgan fingerprint density at radius 3 is 3.05 bits per heavy atom. The van der Waals surface area contributed by atoms with Crippen LogP contribution in [0.1, 0.15) is 11.6 Å². The Labute approximate surface area is 118 Å². The van der Waals surface area contributed by atoms with Crippen LogP contribution in [0, 0.1) is 6.92 Å². The summed E-state index contributed by atoms with van der Waals surface area (Å²) in [5.41, 5.74) is 0.415. The average Bonchev–Trinajstić information content (AvgIpc) is 3.08. The second kappa shape index (κ2) is 5.57. The van der Waals surface area contributed by atoms with Crippen molar-refractivity contribution >= 4 is 5.82 Å². The number of aryl methyl sites for hydroxylation is 1. The Hall–Kier alpha value is -2.97. The Morgan fingerprint density at radius 2 is 2.33 bits per heavy atom. The highest BCUT2D eigenvalue weighted by Gasteiger charge is 2.12. The first kappa shape index (κ1) is 13.0. The van der Waals surface area contributed by atoms with Gasteiger partial charge in [-0.15, -0.1) is 0 Å². The number of hydrogen-bond acceptors (Lipinski definition) is 7. The van der Waals surface area contributed by atoms with E-state index in [1.165, 1.54) is 0 Å². The summed E-state index contributed by atoms with van der Waals surface area (Å²) in [6.45, 7) is 2.31. The minimum Gasteiger partial charge on any atom is -0.369 e. The fourth-order valence-corrected chi connectivity index (χ4v) is 1.85. The molecule has 0 unspecified atom stereocenters. The summed E-state index contributed by atoms with van der Waals surface area (Å²) in [6, 6.07) is 3.64. The standard InChI is InChI=1S/C12H13N7O2/c1-7-15-11(21-19-7)8-3-2-5-13-10(8)14-6-4-9-16-12(20)18-17-9/h2-3,5H,4,6H2,1H3,(H,13,14)(H2,16,17,18,20). The van der Waals surface area contributed by atoms with Crippen LogP contribution in [0.25, 0.3) is 11.5 Å². The molecule has 0 amide bonds. The Balaban J connectivity index is 1.72. The highest BCUT2D eigenvalue weighted by molar-refractivity contribution is 5.68. The highest BCUT2D eigenvalue weighted by Crippen LogP contribution is 2.23. The molecule has 0 spiro atoms. The van der Waals surface area contributed by atoms with Gasteiger partial charge in [-0.2, -0.15) is 10.1 Å². The quantitative estimate of drug-likeness (QED) is 0.624. The third-order valence-corrected chi connectivity index (χ3v) is 2.77. The van der Waals surface area contributed by atoms with Crippen LogP contribution in [-0.4, -0.2) is 36.9 Å². The molecule has 9 heteroatoms. The minimum atomic E-state index is -0.315. The van der Waals surface area contributed by atoms with Crippen molar-refractivity contribution in [3.8, 4) is 11.5 Å². The van der Waals surface area contributed by atoms with Crippen molar-refractivity contribution < 1.29 is 4.52 Å². The Kier molecular flexibility index (Phi) is 3.46. The maximum absolute atomic E-state index is 10.9. The normalized spacial score (nSPS) is 10.7. The van der Waals surface area contributed by atoms with Gasteiger partial charge in [0.25, 0.3) is 5.89 Å². The van der Waals surface area contributed by atoms with Gasteiger partial charge in [0.1, 0.15) is 11.6 Å². The topological polar surface area (TPSA) is 125 Å². The number of nitrogens with one attached hydrogen (secondary N) is 3. The molecule has 3 rings (SSSR count). The molecule has 3 aromatic heterocycles. The number of anilines is 1. The van der Waals surface area contributed by atoms with Crippen molar-refractivity contribution in [3.63, 3.8) is 0 Å². The predicted molar refractivity (Wildman–Crippen MR) is 73.7 cm³/mol. The van der Waals surface area contributed by atoms with Crippen LogP contribution in [0.4, 0.5) is 5.82 Å². The van der Waals surface area contributed by atoms with Crippen molar-refractivity contribution in [2.45, 2.75) is 13.3 Å². The predicted octanol–water partition coefficient (Wildman–Crippen LogP) is 0.506. The molecule has 3 aromatic rings. The van der Waals surface area contributed by atoms with E-state index in [4.69, 9.17) is 4.52 Å². The zero-order chi connectivity index (χ0) is 14.7. The lowest BCUT2D eigenvalue weighted by molar-refractivity contribution is 0.425. The van der Waals surface area contributed by atoms with Gasteiger partial charge in [-0.05, 0) is 19.1 Å². The summed E-state index contributed by atoms with van der Waals surface area (Å²) in [4.78, 5) is 22.0. The van der Waals surface area contributed by atoms with Gasteiger partial charge < -0.3 is 9.84 Å². The molecular weight excluding hydrogens is 274 g/mol. The second-order valence-electron chi connectivity index (χ2n) is 4.35. The third kappa shape index (κ3) is 2.96. The minimum absolute atomic E-state index is 0.315. The smallest absolute Gasteiger partial charge is 0.340 e. The molecule has 3 N–H and O–H groups in total. The van der Waals surface area contributed by atoms with E-state index in [-0.39, 0.29) is 5.69 Å². The summed E-state index contributed by atoms with van der Waals surface area (Å²) < 4.78 is 5.15. The zero-order valence-corrected chi connectivity index (χ0v) is 11.3. The first-order valence-corrected chi connectivity index (χ1v) is 6.35. The number of H-pyrrole nitrogens is 2. The van der Waals surface area contributed by atoms with Gasteiger partial charge in [-0.25, -0.2) is 14.9 Å². The SMILES string of the molecule is Cc1noc(-c2cccnc2NCCc2n[nH]c(=O)[nH]2)n1. The molecule has 9 nitrogen and oxygen atoms in total. The van der Waals surface area contributed by atoms with Crippen LogP contribution in [0.15, 0.2) is 27.6 Å². The lowest BCUT2D eigenvalue weighted by Crippen LogP contribution is -2.09. The van der Waals surface area contributed by atoms with Crippen molar-refractivity contribution in [2.24, 2.45) is 0 Å². The molecule has 0 aliphatic carbocycles. The van der Waals surface area contributed by atoms with E-state index in [1.54, 1.807) is 19.2 Å². The zero-order valence-electron chi connectivity index (χ0n) is 11.3. The Bertz CT molecular complexity index is 789. The number of rotatable bonds is 5. The van der Waals surface area contributed by atoms with Crippen molar-refractivity contribution in [1.29, 1.82) is 0 Å². The molecule has 0 saturated carbocycles. The first-order valence-electron chi connectivity index (χ1n) is 6.35. The van der Waals surface area contributed by atoms with E-state index in [0.717, 1.165) is 5.56 Å². The number of aromatic nitrogens is 6. The fourth-order valence-electron chi connectivity index (χ4n) is 1.85. The second-order valence-corrected chi connectivity index (χ2v) is 4.35. The molecule has 108 valence electrons. The van der Waals surface area contributed by atoms with E-state index in [2.05, 4.69) is 35.6 Å². The monoisotopic (exact) mass is 287 g/mol. The largest absolute Gasteiger partial charge is 0.369 e. The molecule has 0 fully saturated rings. The van der Waals surface area contributed by atoms with Gasteiger partial charge in [-0.1, -0.05) is 5.16 Å². The lowest BCUT2D eigenvalue weighted by atomic mass is 10.2. The lowest BCUT2D eigenvalue weighted by Gasteiger charge is -2.07. The number of aromatic amines is 2. The van der Waals surface area contributed by atoms with Crippen LogP contribution in [0.2, 0.25) is 0 Å². The maximum atomic E-state index is 10.9. The average molecular weight is 287 g/mol. The molecule has 0 aliphatic heterocycles. The van der Waals surface area contributed by atoms with E-state index in [0.29, 0.717) is 36.3 Å². The summed E-state index contributed by atoms with van der Waals surface area (Å²) in [5, 5.41) is 13.1. The molecule has 0 radical (unpaired) electrons. The summed E-state index contributed by atoms with van der Waals surface area (Å²) in [7, 11) is 0. The third-order valence-electron chi connectivity index (χ3n) is 2.77. The van der Waals surface area contributed by atoms with Crippen molar-refractivity contribution in [3.05, 3.63) is 40.5 Å². The van der Waals surface area contributed by atoms with E-state index in [9.17, 15) is 4.79 Å². The van der Waals surface area contributed by atoms with Gasteiger partial charge in [0.15, 0.2) is 5.82 Å². The van der Waals surface area contributed by atoms with Crippen LogP contribution in [-0.2, 0) is 6.42 Å². The number of pyridine rings is 1. The summed E-state index contributed by atoms with van der Waals surface area (Å²) >= 11 is 0. The first-order chi connectivity index (χ1) is 10.2. The van der Waals surface area contributed by atoms with Gasteiger partial charge >= 0.3 is 5.69 Å². The molecule has 0 aliphatic rings. The number of nitrogens with zero attached hydrogens (tertiary/aromatic N) is 4. The van der Waals surface area contributed by atoms with Gasteiger partial charge in [0.05, 0.1) is 5.56 Å². The van der Waals surface area contributed by atoms with Gasteiger partial charge in [-0.3, -0.25) is 4.98 Å². The number of hydrogen-bond donors (Lipinski definition) is 3. The van der Waals surface area contributed by atoms with E-state index >= 15 is 0 Å². The maximum Gasteiger partial charge on any atom is 0.340 e. The Morgan fingerprint density at radius 1 is 1.43 bits per heavy atom. The van der Waals surface area contributed by atoms with Crippen molar-refractivity contribution in [1.82, 2.24) is 30.3 Å². The summed E-state index contributed by atoms with van der Waals surface area (Å²) in [5.74, 6) is 2.20. The molecular formula is C12H13N7O2. The van der Waals surface area contributed by atoms with E-state index in [1.807, 2.05) is 6.07 Å². The molecule has 0 bridgehead atoms. The van der Waals surface area contributed by atoms with Crippen LogP contribution >= 0.6 is 0 Å². The summed E-state index contributed by atoms with van der Waals surface area (Å²) in [6.07, 6.45) is 2.23. The molecule has 3 heterocycles. The van der Waals surface area contributed by atoms with Crippen LogP contribution in [0.5, 0.6) is 0 Å². The fraction of sp³-hybridized carbons (Fsp3) is 0.250.